The van der Waals surface area contributed by atoms with Crippen molar-refractivity contribution in [3.8, 4) is 0 Å². The van der Waals surface area contributed by atoms with Crippen LogP contribution in [0.1, 0.15) is 53.4 Å². The van der Waals surface area contributed by atoms with E-state index in [-0.39, 0.29) is 0 Å². The van der Waals surface area contributed by atoms with Gasteiger partial charge in [0, 0.05) is 28.3 Å². The predicted octanol–water partition coefficient (Wildman–Crippen LogP) is 2.95. The number of hydrogen-bond donors (Lipinski definition) is 1. The summed E-state index contributed by atoms with van der Waals surface area (Å²) in [6, 6.07) is 0.623. The molecule has 0 spiro atoms. The summed E-state index contributed by atoms with van der Waals surface area (Å²) < 4.78 is 11.2. The lowest BCUT2D eigenvalue weighted by molar-refractivity contribution is 0.344. The first-order valence-corrected chi connectivity index (χ1v) is 8.20. The largest absolute Gasteiger partial charge is 0.314 e. The van der Waals surface area contributed by atoms with Crippen molar-refractivity contribution in [1.82, 2.24) is 5.32 Å². The van der Waals surface area contributed by atoms with Crippen molar-refractivity contribution >= 4 is 10.8 Å². The highest BCUT2D eigenvalue weighted by Gasteiger charge is 2.14. The van der Waals surface area contributed by atoms with E-state index in [0.717, 1.165) is 18.9 Å². The summed E-state index contributed by atoms with van der Waals surface area (Å²) in [6.45, 7) is 9.87. The Kier molecular flexibility index (Phi) is 9.24. The molecule has 2 nitrogen and oxygen atoms in total. The Morgan fingerprint density at radius 2 is 1.81 bits per heavy atom. The van der Waals surface area contributed by atoms with Crippen LogP contribution in [0.5, 0.6) is 0 Å². The minimum atomic E-state index is -0.681. The molecule has 0 bridgehead atoms. The molecule has 0 aliphatic rings. The zero-order chi connectivity index (χ0) is 12.6. The third-order valence-electron chi connectivity index (χ3n) is 3.39. The predicted molar refractivity (Wildman–Crippen MR) is 74.3 cm³/mol. The molecule has 0 aliphatic carbocycles. The van der Waals surface area contributed by atoms with E-state index in [9.17, 15) is 4.21 Å². The van der Waals surface area contributed by atoms with Gasteiger partial charge in [0.15, 0.2) is 0 Å². The van der Waals surface area contributed by atoms with E-state index in [1.54, 1.807) is 6.26 Å². The van der Waals surface area contributed by atoms with Crippen LogP contribution in [0.3, 0.4) is 0 Å². The van der Waals surface area contributed by atoms with Crippen LogP contribution in [0.4, 0.5) is 0 Å². The van der Waals surface area contributed by atoms with Crippen LogP contribution in [0, 0.1) is 5.92 Å². The molecule has 3 heteroatoms. The maximum atomic E-state index is 11.2. The molecular formula is C13H29NOS. The fourth-order valence-electron chi connectivity index (χ4n) is 2.04. The van der Waals surface area contributed by atoms with E-state index in [1.807, 2.05) is 0 Å². The summed E-state index contributed by atoms with van der Waals surface area (Å²) in [5.74, 6) is 0.748. The highest BCUT2D eigenvalue weighted by atomic mass is 32.2. The third kappa shape index (κ3) is 6.64. The van der Waals surface area contributed by atoms with E-state index in [1.165, 1.54) is 19.3 Å². The van der Waals surface area contributed by atoms with Crippen molar-refractivity contribution < 1.29 is 4.21 Å². The zero-order valence-electron chi connectivity index (χ0n) is 11.6. The summed E-state index contributed by atoms with van der Waals surface area (Å²) in [5.41, 5.74) is 0. The smallest absolute Gasteiger partial charge is 0.0329 e. The maximum absolute atomic E-state index is 11.2. The summed E-state index contributed by atoms with van der Waals surface area (Å²) in [7, 11) is -0.681. The zero-order valence-corrected chi connectivity index (χ0v) is 12.4. The fraction of sp³-hybridized carbons (Fsp3) is 1.00. The first-order valence-electron chi connectivity index (χ1n) is 6.58. The molecule has 0 rings (SSSR count). The van der Waals surface area contributed by atoms with Gasteiger partial charge in [0.2, 0.25) is 0 Å². The SMILES string of the molecule is CCCC(C)C(CC)NCCC(C)S(C)=O. The van der Waals surface area contributed by atoms with Gasteiger partial charge in [-0.05, 0) is 31.7 Å². The molecule has 0 fully saturated rings. The van der Waals surface area contributed by atoms with Crippen LogP contribution in [-0.4, -0.2) is 28.3 Å². The average molecular weight is 247 g/mol. The summed E-state index contributed by atoms with van der Waals surface area (Å²) in [4.78, 5) is 0. The van der Waals surface area contributed by atoms with Crippen molar-refractivity contribution in [2.45, 2.75) is 64.7 Å². The Morgan fingerprint density at radius 1 is 1.19 bits per heavy atom. The lowest BCUT2D eigenvalue weighted by Crippen LogP contribution is -2.36. The monoisotopic (exact) mass is 247 g/mol. The molecule has 4 unspecified atom stereocenters. The van der Waals surface area contributed by atoms with Gasteiger partial charge in [0.1, 0.15) is 0 Å². The minimum absolute atomic E-state index is 0.312. The molecule has 0 radical (unpaired) electrons. The molecule has 4 atom stereocenters. The van der Waals surface area contributed by atoms with Gasteiger partial charge in [0.05, 0.1) is 0 Å². The molecule has 0 saturated heterocycles. The van der Waals surface area contributed by atoms with Crippen LogP contribution in [0.25, 0.3) is 0 Å². The lowest BCUT2D eigenvalue weighted by atomic mass is 9.95. The van der Waals surface area contributed by atoms with E-state index in [2.05, 4.69) is 33.0 Å². The second-order valence-corrected chi connectivity index (χ2v) is 6.63. The van der Waals surface area contributed by atoms with Crippen LogP contribution in [-0.2, 0) is 10.8 Å². The first kappa shape index (κ1) is 16.1. The van der Waals surface area contributed by atoms with Gasteiger partial charge >= 0.3 is 0 Å². The molecule has 16 heavy (non-hydrogen) atoms. The van der Waals surface area contributed by atoms with Gasteiger partial charge in [-0.2, -0.15) is 0 Å². The molecule has 0 amide bonds. The van der Waals surface area contributed by atoms with Crippen LogP contribution < -0.4 is 5.32 Å². The maximum Gasteiger partial charge on any atom is 0.0329 e. The normalized spacial score (nSPS) is 19.1. The first-order chi connectivity index (χ1) is 7.52. The lowest BCUT2D eigenvalue weighted by Gasteiger charge is -2.24. The molecule has 0 aromatic rings. The minimum Gasteiger partial charge on any atom is -0.314 e. The number of hydrogen-bond acceptors (Lipinski definition) is 2. The molecule has 0 aromatic heterocycles. The Labute approximate surface area is 104 Å². The molecule has 0 saturated carbocycles. The van der Waals surface area contributed by atoms with Crippen LogP contribution >= 0.6 is 0 Å². The van der Waals surface area contributed by atoms with Gasteiger partial charge < -0.3 is 5.32 Å². The third-order valence-corrected chi connectivity index (χ3v) is 4.76. The van der Waals surface area contributed by atoms with Gasteiger partial charge in [0.25, 0.3) is 0 Å². The van der Waals surface area contributed by atoms with Gasteiger partial charge in [-0.15, -0.1) is 0 Å². The van der Waals surface area contributed by atoms with Gasteiger partial charge in [-0.25, -0.2) is 0 Å². The Morgan fingerprint density at radius 3 is 2.25 bits per heavy atom. The molecule has 0 aromatic carbocycles. The average Bonchev–Trinajstić information content (AvgIpc) is 2.24. The molecule has 98 valence electrons. The second-order valence-electron chi connectivity index (χ2n) is 4.83. The Bertz CT molecular complexity index is 196. The Hall–Kier alpha value is 0.110. The van der Waals surface area contributed by atoms with Crippen molar-refractivity contribution in [3.63, 3.8) is 0 Å². The van der Waals surface area contributed by atoms with Gasteiger partial charge in [-0.1, -0.05) is 34.1 Å². The second kappa shape index (κ2) is 9.17. The molecule has 0 heterocycles. The van der Waals surface area contributed by atoms with Gasteiger partial charge in [-0.3, -0.25) is 4.21 Å². The van der Waals surface area contributed by atoms with Crippen LogP contribution in [0.15, 0.2) is 0 Å². The quantitative estimate of drug-likeness (QED) is 0.679. The molecule has 1 N–H and O–H groups in total. The van der Waals surface area contributed by atoms with E-state index in [0.29, 0.717) is 11.3 Å². The van der Waals surface area contributed by atoms with Crippen molar-refractivity contribution in [3.05, 3.63) is 0 Å². The summed E-state index contributed by atoms with van der Waals surface area (Å²) in [5, 5.41) is 3.92. The Balaban J connectivity index is 3.82. The van der Waals surface area contributed by atoms with E-state index >= 15 is 0 Å². The molecule has 0 aliphatic heterocycles. The van der Waals surface area contributed by atoms with E-state index < -0.39 is 10.8 Å². The number of nitrogens with one attached hydrogen (secondary N) is 1. The van der Waals surface area contributed by atoms with Crippen LogP contribution in [0.2, 0.25) is 0 Å². The topological polar surface area (TPSA) is 29.1 Å². The molecular weight excluding hydrogens is 218 g/mol. The summed E-state index contributed by atoms with van der Waals surface area (Å²) in [6.07, 6.45) is 6.54. The van der Waals surface area contributed by atoms with Crippen molar-refractivity contribution in [1.29, 1.82) is 0 Å². The van der Waals surface area contributed by atoms with Crippen molar-refractivity contribution in [2.24, 2.45) is 5.92 Å². The fourth-order valence-corrected chi connectivity index (χ4v) is 2.49. The highest BCUT2D eigenvalue weighted by molar-refractivity contribution is 7.84. The summed E-state index contributed by atoms with van der Waals surface area (Å²) >= 11 is 0. The highest BCUT2D eigenvalue weighted by Crippen LogP contribution is 2.13. The van der Waals surface area contributed by atoms with Crippen molar-refractivity contribution in [2.75, 3.05) is 12.8 Å². The number of rotatable bonds is 9. The van der Waals surface area contributed by atoms with E-state index in [4.69, 9.17) is 0 Å². The standard InChI is InChI=1S/C13H29NOS/c1-6-8-11(3)13(7-2)14-10-9-12(4)16(5)15/h11-14H,6-10H2,1-5H3.